The van der Waals surface area contributed by atoms with E-state index in [1.165, 1.54) is 25.3 Å². The van der Waals surface area contributed by atoms with Gasteiger partial charge in [-0.05, 0) is 49.4 Å². The van der Waals surface area contributed by atoms with Crippen molar-refractivity contribution in [3.05, 3.63) is 83.3 Å². The zero-order valence-corrected chi connectivity index (χ0v) is 16.1. The van der Waals surface area contributed by atoms with E-state index in [0.717, 1.165) is 0 Å². The number of carbonyl (C=O) groups is 3. The second-order valence-corrected chi connectivity index (χ2v) is 6.46. The molecular weight excluding hydrogens is 396 g/mol. The maximum atomic E-state index is 12.6. The first-order valence-corrected chi connectivity index (χ1v) is 9.03. The lowest BCUT2D eigenvalue weighted by Gasteiger charge is -2.15. The normalized spacial score (nSPS) is 11.4. The van der Waals surface area contributed by atoms with Crippen molar-refractivity contribution in [2.45, 2.75) is 13.0 Å². The number of carbonyl (C=O) groups excluding carboxylic acids is 3. The van der Waals surface area contributed by atoms with Crippen LogP contribution in [0.15, 0.2) is 71.3 Å². The predicted molar refractivity (Wildman–Crippen MR) is 108 cm³/mol. The molecule has 1 atom stereocenters. The fraction of sp³-hybridized carbons (Fsp3) is 0.0952. The Bertz CT molecular complexity index is 1030. The average molecular weight is 413 g/mol. The zero-order chi connectivity index (χ0) is 20.8. The minimum atomic E-state index is -1.07. The van der Waals surface area contributed by atoms with Gasteiger partial charge in [0.2, 0.25) is 0 Å². The van der Waals surface area contributed by atoms with Crippen LogP contribution in [0.1, 0.15) is 27.8 Å². The third-order valence-corrected chi connectivity index (χ3v) is 4.12. The maximum Gasteiger partial charge on any atom is 0.341 e. The summed E-state index contributed by atoms with van der Waals surface area (Å²) >= 11 is 5.89. The predicted octanol–water partition coefficient (Wildman–Crippen LogP) is 4.37. The highest BCUT2D eigenvalue weighted by molar-refractivity contribution is 6.30. The minimum absolute atomic E-state index is 0.0995. The lowest BCUT2D eigenvalue weighted by atomic mass is 10.1. The smallest absolute Gasteiger partial charge is 0.341 e. The number of hydrogen-bond acceptors (Lipinski definition) is 5. The van der Waals surface area contributed by atoms with Crippen LogP contribution < -0.4 is 10.6 Å². The van der Waals surface area contributed by atoms with Crippen molar-refractivity contribution in [2.75, 3.05) is 10.6 Å². The van der Waals surface area contributed by atoms with Gasteiger partial charge in [0.1, 0.15) is 0 Å². The van der Waals surface area contributed by atoms with Gasteiger partial charge in [0, 0.05) is 10.7 Å². The van der Waals surface area contributed by atoms with Gasteiger partial charge < -0.3 is 19.8 Å². The van der Waals surface area contributed by atoms with Crippen LogP contribution >= 0.6 is 11.6 Å². The summed E-state index contributed by atoms with van der Waals surface area (Å²) in [4.78, 5) is 37.0. The molecule has 0 unspecified atom stereocenters. The Kier molecular flexibility index (Phi) is 6.31. The van der Waals surface area contributed by atoms with Gasteiger partial charge in [0.25, 0.3) is 11.8 Å². The molecule has 2 N–H and O–H groups in total. The summed E-state index contributed by atoms with van der Waals surface area (Å²) in [6.45, 7) is 1.45. The van der Waals surface area contributed by atoms with E-state index in [0.29, 0.717) is 10.7 Å². The largest absolute Gasteiger partial charge is 0.459 e. The van der Waals surface area contributed by atoms with Gasteiger partial charge in [0.05, 0.1) is 17.5 Å². The fourth-order valence-electron chi connectivity index (χ4n) is 2.45. The first kappa shape index (κ1) is 20.2. The second-order valence-electron chi connectivity index (χ2n) is 6.02. The summed E-state index contributed by atoms with van der Waals surface area (Å²) in [7, 11) is 0. The number of rotatable bonds is 6. The fourth-order valence-corrected chi connectivity index (χ4v) is 2.64. The lowest BCUT2D eigenvalue weighted by Crippen LogP contribution is -2.30. The molecule has 0 aliphatic carbocycles. The number of benzene rings is 2. The summed E-state index contributed by atoms with van der Waals surface area (Å²) in [5, 5.41) is 5.68. The molecule has 2 aromatic carbocycles. The SMILES string of the molecule is C[C@@H](OC(=O)c1ccccc1NC(=O)c1ccco1)C(=O)Nc1cccc(Cl)c1. The van der Waals surface area contributed by atoms with Gasteiger partial charge in [-0.25, -0.2) is 4.79 Å². The molecule has 1 heterocycles. The van der Waals surface area contributed by atoms with Crippen molar-refractivity contribution in [1.82, 2.24) is 0 Å². The number of esters is 1. The molecule has 0 saturated heterocycles. The summed E-state index contributed by atoms with van der Waals surface area (Å²) in [5.74, 6) is -1.68. The van der Waals surface area contributed by atoms with E-state index in [-0.39, 0.29) is 17.0 Å². The Morgan fingerprint density at radius 1 is 1.00 bits per heavy atom. The molecule has 0 spiro atoms. The van der Waals surface area contributed by atoms with E-state index in [2.05, 4.69) is 10.6 Å². The van der Waals surface area contributed by atoms with Crippen molar-refractivity contribution in [3.63, 3.8) is 0 Å². The van der Waals surface area contributed by atoms with Crippen LogP contribution in [0.25, 0.3) is 0 Å². The summed E-state index contributed by atoms with van der Waals surface area (Å²) in [6.07, 6.45) is 0.297. The number of ether oxygens (including phenoxy) is 1. The summed E-state index contributed by atoms with van der Waals surface area (Å²) in [5.41, 5.74) is 0.827. The van der Waals surface area contributed by atoms with Crippen molar-refractivity contribution in [2.24, 2.45) is 0 Å². The van der Waals surface area contributed by atoms with Crippen LogP contribution in [-0.4, -0.2) is 23.9 Å². The third-order valence-electron chi connectivity index (χ3n) is 3.89. The number of amides is 2. The van der Waals surface area contributed by atoms with Crippen molar-refractivity contribution < 1.29 is 23.5 Å². The van der Waals surface area contributed by atoms with E-state index in [9.17, 15) is 14.4 Å². The number of para-hydroxylation sites is 1. The zero-order valence-electron chi connectivity index (χ0n) is 15.3. The summed E-state index contributed by atoms with van der Waals surface area (Å²) < 4.78 is 10.3. The van der Waals surface area contributed by atoms with Crippen molar-refractivity contribution in [1.29, 1.82) is 0 Å². The number of anilines is 2. The molecule has 3 rings (SSSR count). The molecule has 7 nitrogen and oxygen atoms in total. The third kappa shape index (κ3) is 5.24. The highest BCUT2D eigenvalue weighted by Gasteiger charge is 2.22. The van der Waals surface area contributed by atoms with E-state index >= 15 is 0 Å². The number of halogens is 1. The minimum Gasteiger partial charge on any atom is -0.459 e. The Labute approximate surface area is 171 Å². The standard InChI is InChI=1S/C21H17ClN2O5/c1-13(19(25)23-15-7-4-6-14(22)12-15)29-21(27)16-8-2-3-9-17(16)24-20(26)18-10-5-11-28-18/h2-13H,1H3,(H,23,25)(H,24,26)/t13-/m1/s1. The molecule has 0 aliphatic heterocycles. The van der Waals surface area contributed by atoms with Crippen molar-refractivity contribution in [3.8, 4) is 0 Å². The molecule has 0 bridgehead atoms. The molecule has 3 aromatic rings. The van der Waals surface area contributed by atoms with Crippen LogP contribution in [0.5, 0.6) is 0 Å². The van der Waals surface area contributed by atoms with E-state index in [4.69, 9.17) is 20.8 Å². The Balaban J connectivity index is 1.67. The Morgan fingerprint density at radius 3 is 2.52 bits per heavy atom. The Morgan fingerprint density at radius 2 is 1.79 bits per heavy atom. The molecule has 0 fully saturated rings. The van der Waals surface area contributed by atoms with Crippen LogP contribution in [0.3, 0.4) is 0 Å². The molecule has 0 aliphatic rings. The van der Waals surface area contributed by atoms with Gasteiger partial charge in [-0.3, -0.25) is 9.59 Å². The molecule has 29 heavy (non-hydrogen) atoms. The first-order valence-electron chi connectivity index (χ1n) is 8.65. The topological polar surface area (TPSA) is 97.6 Å². The highest BCUT2D eigenvalue weighted by atomic mass is 35.5. The molecular formula is C21H17ClN2O5. The van der Waals surface area contributed by atoms with E-state index in [1.54, 1.807) is 48.5 Å². The van der Waals surface area contributed by atoms with Gasteiger partial charge >= 0.3 is 5.97 Å². The van der Waals surface area contributed by atoms with Crippen LogP contribution in [0, 0.1) is 0 Å². The number of nitrogens with one attached hydrogen (secondary N) is 2. The van der Waals surface area contributed by atoms with Gasteiger partial charge in [-0.15, -0.1) is 0 Å². The molecule has 0 saturated carbocycles. The van der Waals surface area contributed by atoms with Gasteiger partial charge in [0.15, 0.2) is 11.9 Å². The summed E-state index contributed by atoms with van der Waals surface area (Å²) in [6, 6.07) is 16.0. The van der Waals surface area contributed by atoms with Crippen molar-refractivity contribution >= 4 is 40.8 Å². The molecule has 2 amide bonds. The van der Waals surface area contributed by atoms with Gasteiger partial charge in [-0.1, -0.05) is 29.8 Å². The highest BCUT2D eigenvalue weighted by Crippen LogP contribution is 2.19. The number of furan rings is 1. The Hall–Kier alpha value is -3.58. The first-order chi connectivity index (χ1) is 13.9. The molecule has 1 aromatic heterocycles. The average Bonchev–Trinajstić information content (AvgIpc) is 3.23. The van der Waals surface area contributed by atoms with Gasteiger partial charge in [-0.2, -0.15) is 0 Å². The van der Waals surface area contributed by atoms with Crippen LogP contribution in [-0.2, 0) is 9.53 Å². The molecule has 8 heteroatoms. The monoisotopic (exact) mass is 412 g/mol. The van der Waals surface area contributed by atoms with E-state index in [1.807, 2.05) is 0 Å². The van der Waals surface area contributed by atoms with E-state index < -0.39 is 23.9 Å². The molecule has 0 radical (unpaired) electrons. The second kappa shape index (κ2) is 9.07. The van der Waals surface area contributed by atoms with Crippen LogP contribution in [0.2, 0.25) is 5.02 Å². The lowest BCUT2D eigenvalue weighted by molar-refractivity contribution is -0.123. The maximum absolute atomic E-state index is 12.6. The molecule has 148 valence electrons. The number of hydrogen-bond donors (Lipinski definition) is 2. The quantitative estimate of drug-likeness (QED) is 0.586. The van der Waals surface area contributed by atoms with Crippen LogP contribution in [0.4, 0.5) is 11.4 Å².